The average molecular weight is 482 g/mol. The van der Waals surface area contributed by atoms with Gasteiger partial charge in [-0.25, -0.2) is 19.8 Å². The molecule has 2 unspecified atom stereocenters. The van der Waals surface area contributed by atoms with Gasteiger partial charge < -0.3 is 5.32 Å². The van der Waals surface area contributed by atoms with Crippen LogP contribution in [0.1, 0.15) is 40.6 Å². The maximum atomic E-state index is 12.1. The second-order valence-corrected chi connectivity index (χ2v) is 8.81. The largest absolute Gasteiger partial charge is 0.341 e. The number of nitrogens with one attached hydrogen (secondary N) is 1. The smallest absolute Gasteiger partial charge is 0.328 e. The number of urea groups is 1. The van der Waals surface area contributed by atoms with Crippen molar-refractivity contribution in [1.82, 2.24) is 15.3 Å². The number of thiazole rings is 1. The molecule has 0 bridgehead atoms. The number of halogens is 1. The van der Waals surface area contributed by atoms with Crippen LogP contribution >= 0.6 is 27.3 Å². The molecule has 0 saturated heterocycles. The van der Waals surface area contributed by atoms with Crippen LogP contribution in [0.4, 0.5) is 4.79 Å². The van der Waals surface area contributed by atoms with Gasteiger partial charge in [-0.15, -0.1) is 11.3 Å². The molecule has 0 fully saturated rings. The van der Waals surface area contributed by atoms with E-state index in [-0.39, 0.29) is 18.0 Å². The molecule has 1 aliphatic heterocycles. The highest BCUT2D eigenvalue weighted by Crippen LogP contribution is 2.38. The van der Waals surface area contributed by atoms with Crippen LogP contribution in [-0.4, -0.2) is 35.0 Å². The third-order valence-electron chi connectivity index (χ3n) is 5.04. The third kappa shape index (κ3) is 4.11. The maximum absolute atomic E-state index is 12.1. The van der Waals surface area contributed by atoms with Gasteiger partial charge in [-0.2, -0.15) is 0 Å². The highest BCUT2D eigenvalue weighted by atomic mass is 79.9. The van der Waals surface area contributed by atoms with Crippen molar-refractivity contribution < 1.29 is 4.79 Å². The van der Waals surface area contributed by atoms with Gasteiger partial charge in [0.15, 0.2) is 0 Å². The summed E-state index contributed by atoms with van der Waals surface area (Å²) in [5, 5.41) is 5.96. The summed E-state index contributed by atoms with van der Waals surface area (Å²) in [6, 6.07) is 9.45. The molecular weight excluding hydrogens is 462 g/mol. The Labute approximate surface area is 187 Å². The van der Waals surface area contributed by atoms with Crippen LogP contribution in [-0.2, 0) is 0 Å². The molecule has 0 spiro atoms. The van der Waals surface area contributed by atoms with E-state index in [1.165, 1.54) is 0 Å². The van der Waals surface area contributed by atoms with Crippen molar-refractivity contribution in [2.75, 3.05) is 7.05 Å². The number of aliphatic imine (C=N–C) groups is 2. The van der Waals surface area contributed by atoms with Gasteiger partial charge in [-0.3, -0.25) is 4.99 Å². The molecule has 0 saturated carbocycles. The summed E-state index contributed by atoms with van der Waals surface area (Å²) in [5.74, 6) is -0.142. The number of hydrogen-bond donors (Lipinski definition) is 1. The van der Waals surface area contributed by atoms with Crippen LogP contribution in [0, 0.1) is 6.92 Å². The zero-order valence-electron chi connectivity index (χ0n) is 16.8. The number of hydrogen-bond acceptors (Lipinski definition) is 5. The van der Waals surface area contributed by atoms with Crippen molar-refractivity contribution in [2.45, 2.75) is 25.8 Å². The molecule has 2 aromatic heterocycles. The SMILES string of the molecule is CN=Cc1ccc(-c2csc(C3C(C)=NC(=O)NC3c3ccc(Br)nc3)n2)c(C)c1. The summed E-state index contributed by atoms with van der Waals surface area (Å²) in [7, 11) is 1.76. The fraction of sp³-hybridized carbons (Fsp3) is 0.227. The molecule has 3 aromatic rings. The van der Waals surface area contributed by atoms with Crippen molar-refractivity contribution in [2.24, 2.45) is 9.98 Å². The lowest BCUT2D eigenvalue weighted by molar-refractivity contribution is 0.243. The van der Waals surface area contributed by atoms with Gasteiger partial charge in [0, 0.05) is 36.1 Å². The van der Waals surface area contributed by atoms with Crippen LogP contribution in [0.15, 0.2) is 56.5 Å². The van der Waals surface area contributed by atoms with Gasteiger partial charge in [0.05, 0.1) is 17.7 Å². The van der Waals surface area contributed by atoms with Crippen molar-refractivity contribution >= 4 is 45.2 Å². The van der Waals surface area contributed by atoms with Gasteiger partial charge in [0.1, 0.15) is 9.61 Å². The van der Waals surface area contributed by atoms with E-state index in [0.717, 1.165) is 43.3 Å². The third-order valence-corrected chi connectivity index (χ3v) is 6.44. The number of aromatic nitrogens is 2. The van der Waals surface area contributed by atoms with E-state index in [4.69, 9.17) is 4.98 Å². The number of amides is 2. The van der Waals surface area contributed by atoms with E-state index in [0.29, 0.717) is 0 Å². The summed E-state index contributed by atoms with van der Waals surface area (Å²) in [6.45, 7) is 3.96. The first-order chi connectivity index (χ1) is 14.5. The lowest BCUT2D eigenvalue weighted by Crippen LogP contribution is -2.38. The zero-order chi connectivity index (χ0) is 21.3. The van der Waals surface area contributed by atoms with Crippen molar-refractivity contribution in [3.8, 4) is 11.3 Å². The Morgan fingerprint density at radius 1 is 1.23 bits per heavy atom. The molecule has 0 aliphatic carbocycles. The van der Waals surface area contributed by atoms with E-state index < -0.39 is 0 Å². The number of rotatable bonds is 4. The molecule has 1 aromatic carbocycles. The number of carbonyl (C=O) groups excluding carboxylic acids is 1. The Bertz CT molecular complexity index is 1150. The summed E-state index contributed by atoms with van der Waals surface area (Å²) < 4.78 is 0.749. The molecule has 0 radical (unpaired) electrons. The van der Waals surface area contributed by atoms with E-state index in [1.807, 2.05) is 31.3 Å². The molecule has 8 heteroatoms. The second-order valence-electron chi connectivity index (χ2n) is 7.10. The number of carbonyl (C=O) groups is 1. The Hall–Kier alpha value is -2.71. The predicted octanol–water partition coefficient (Wildman–Crippen LogP) is 5.33. The number of pyridine rings is 1. The first-order valence-electron chi connectivity index (χ1n) is 9.42. The topological polar surface area (TPSA) is 79.6 Å². The highest BCUT2D eigenvalue weighted by Gasteiger charge is 2.35. The van der Waals surface area contributed by atoms with Crippen LogP contribution in [0.25, 0.3) is 11.3 Å². The molecule has 4 rings (SSSR count). The minimum absolute atomic E-state index is 0.142. The Balaban J connectivity index is 1.72. The molecule has 1 N–H and O–H groups in total. The molecule has 2 amide bonds. The lowest BCUT2D eigenvalue weighted by Gasteiger charge is -2.29. The summed E-state index contributed by atoms with van der Waals surface area (Å²) in [4.78, 5) is 29.6. The predicted molar refractivity (Wildman–Crippen MR) is 125 cm³/mol. The number of aryl methyl sites for hydroxylation is 1. The minimum atomic E-state index is -0.336. The molecule has 3 heterocycles. The minimum Gasteiger partial charge on any atom is -0.328 e. The fourth-order valence-electron chi connectivity index (χ4n) is 3.65. The van der Waals surface area contributed by atoms with Crippen LogP contribution < -0.4 is 5.32 Å². The second kappa shape index (κ2) is 8.57. The molecule has 2 atom stereocenters. The Morgan fingerprint density at radius 3 is 2.77 bits per heavy atom. The van der Waals surface area contributed by atoms with Crippen LogP contribution in [0.3, 0.4) is 0 Å². The number of benzene rings is 1. The van der Waals surface area contributed by atoms with Crippen molar-refractivity contribution in [3.05, 3.63) is 68.2 Å². The fourth-order valence-corrected chi connectivity index (χ4v) is 4.90. The summed E-state index contributed by atoms with van der Waals surface area (Å²) in [5.41, 5.74) is 5.88. The molecule has 1 aliphatic rings. The van der Waals surface area contributed by atoms with Gasteiger partial charge in [0.25, 0.3) is 0 Å². The Morgan fingerprint density at radius 2 is 2.07 bits per heavy atom. The van der Waals surface area contributed by atoms with E-state index in [1.54, 1.807) is 24.6 Å². The summed E-state index contributed by atoms with van der Waals surface area (Å²) >= 11 is 4.94. The van der Waals surface area contributed by atoms with Crippen LogP contribution in [0.2, 0.25) is 0 Å². The lowest BCUT2D eigenvalue weighted by atomic mass is 9.89. The van der Waals surface area contributed by atoms with E-state index in [9.17, 15) is 4.79 Å². The monoisotopic (exact) mass is 481 g/mol. The zero-order valence-corrected chi connectivity index (χ0v) is 19.2. The van der Waals surface area contributed by atoms with Gasteiger partial charge in [-0.05, 0) is 58.6 Å². The number of nitrogens with zero attached hydrogens (tertiary/aromatic N) is 4. The van der Waals surface area contributed by atoms with Gasteiger partial charge in [-0.1, -0.05) is 18.2 Å². The molecule has 6 nitrogen and oxygen atoms in total. The van der Waals surface area contributed by atoms with Gasteiger partial charge in [0.2, 0.25) is 0 Å². The molecule has 152 valence electrons. The average Bonchev–Trinajstić information content (AvgIpc) is 3.17. The van der Waals surface area contributed by atoms with Crippen molar-refractivity contribution in [3.63, 3.8) is 0 Å². The standard InChI is InChI=1S/C22H20BrN5OS/c1-12-8-14(9-24-3)4-6-16(12)17-11-30-21(27-17)19-13(2)26-22(29)28-20(19)15-5-7-18(23)25-10-15/h4-11,19-20H,1-3H3,(H,28,29). The maximum Gasteiger partial charge on any atom is 0.341 e. The quantitative estimate of drug-likeness (QED) is 0.403. The van der Waals surface area contributed by atoms with Gasteiger partial charge >= 0.3 is 6.03 Å². The first kappa shape index (κ1) is 20.6. The molecular formula is C22H20BrN5OS. The normalized spacial score (nSPS) is 19.1. The Kier molecular flexibility index (Phi) is 5.87. The summed E-state index contributed by atoms with van der Waals surface area (Å²) in [6.07, 6.45) is 3.61. The van der Waals surface area contributed by atoms with E-state index >= 15 is 0 Å². The van der Waals surface area contributed by atoms with Crippen molar-refractivity contribution in [1.29, 1.82) is 0 Å². The van der Waals surface area contributed by atoms with Crippen LogP contribution in [0.5, 0.6) is 0 Å². The first-order valence-corrected chi connectivity index (χ1v) is 11.1. The highest BCUT2D eigenvalue weighted by molar-refractivity contribution is 9.10. The van der Waals surface area contributed by atoms with E-state index in [2.05, 4.69) is 60.7 Å². The molecule has 30 heavy (non-hydrogen) atoms.